The second-order valence-corrected chi connectivity index (χ2v) is 6.46. The Labute approximate surface area is 135 Å². The van der Waals surface area contributed by atoms with Gasteiger partial charge in [-0.2, -0.15) is 0 Å². The number of anilines is 1. The topological polar surface area (TPSA) is 56.1 Å². The van der Waals surface area contributed by atoms with E-state index in [2.05, 4.69) is 9.88 Å². The number of nitrogens with zero attached hydrogens (tertiary/aromatic N) is 3. The third-order valence-corrected chi connectivity index (χ3v) is 4.99. The maximum atomic E-state index is 11.9. The predicted octanol–water partition coefficient (Wildman–Crippen LogP) is 2.13. The fourth-order valence-electron chi connectivity index (χ4n) is 3.44. The molecule has 23 heavy (non-hydrogen) atoms. The number of piperidine rings is 1. The Hall–Kier alpha value is -2.08. The monoisotopic (exact) mass is 315 g/mol. The summed E-state index contributed by atoms with van der Waals surface area (Å²) in [6, 6.07) is 4.09. The minimum atomic E-state index is -0.336. The minimum absolute atomic E-state index is 0.336. The summed E-state index contributed by atoms with van der Waals surface area (Å²) in [5, 5.41) is 0. The van der Waals surface area contributed by atoms with Gasteiger partial charge in [0.2, 0.25) is 0 Å². The summed E-state index contributed by atoms with van der Waals surface area (Å²) in [6.07, 6.45) is 5.84. The highest BCUT2D eigenvalue weighted by atomic mass is 16.5. The van der Waals surface area contributed by atoms with Crippen LogP contribution >= 0.6 is 0 Å². The molecular weight excluding hydrogens is 294 g/mol. The van der Waals surface area contributed by atoms with E-state index in [-0.39, 0.29) is 5.97 Å². The summed E-state index contributed by atoms with van der Waals surface area (Å²) in [5.74, 6) is -0.336. The third-order valence-electron chi connectivity index (χ3n) is 4.99. The highest BCUT2D eigenvalue weighted by Crippen LogP contribution is 2.39. The maximum Gasteiger partial charge on any atom is 0.356 e. The highest BCUT2D eigenvalue weighted by molar-refractivity contribution is 5.88. The van der Waals surface area contributed by atoms with E-state index >= 15 is 0 Å². The first kappa shape index (κ1) is 14.5. The average Bonchev–Trinajstić information content (AvgIpc) is 2.97. The Morgan fingerprint density at radius 2 is 2.17 bits per heavy atom. The second-order valence-electron chi connectivity index (χ2n) is 6.46. The van der Waals surface area contributed by atoms with Crippen molar-refractivity contribution >= 4 is 17.3 Å². The Kier molecular flexibility index (Phi) is 3.49. The first-order chi connectivity index (χ1) is 11.2. The van der Waals surface area contributed by atoms with Crippen LogP contribution in [0.4, 0.5) is 5.69 Å². The zero-order valence-corrected chi connectivity index (χ0v) is 13.3. The molecule has 0 saturated carbocycles. The van der Waals surface area contributed by atoms with Gasteiger partial charge in [0.1, 0.15) is 5.65 Å². The number of carbonyl (C=O) groups excluding carboxylic acids is 1. The van der Waals surface area contributed by atoms with Crippen molar-refractivity contribution in [2.75, 3.05) is 37.8 Å². The van der Waals surface area contributed by atoms with Gasteiger partial charge < -0.3 is 14.4 Å². The molecule has 0 amide bonds. The van der Waals surface area contributed by atoms with Crippen molar-refractivity contribution in [3.63, 3.8) is 0 Å². The smallest absolute Gasteiger partial charge is 0.356 e. The van der Waals surface area contributed by atoms with Crippen molar-refractivity contribution in [1.29, 1.82) is 0 Å². The van der Waals surface area contributed by atoms with E-state index in [1.165, 1.54) is 12.8 Å². The Morgan fingerprint density at radius 3 is 2.83 bits per heavy atom. The lowest BCUT2D eigenvalue weighted by atomic mass is 9.77. The Morgan fingerprint density at radius 1 is 1.39 bits per heavy atom. The van der Waals surface area contributed by atoms with E-state index in [9.17, 15) is 4.79 Å². The SMILES string of the molecule is CCOC(=O)c1cnc2cc(N3CCC4(CC3)COC4)ccn12. The molecule has 2 aromatic heterocycles. The van der Waals surface area contributed by atoms with Crippen molar-refractivity contribution < 1.29 is 14.3 Å². The van der Waals surface area contributed by atoms with Gasteiger partial charge in [0, 0.05) is 36.5 Å². The molecule has 4 heterocycles. The van der Waals surface area contributed by atoms with E-state index in [1.807, 2.05) is 18.3 Å². The normalized spacial score (nSPS) is 19.8. The molecule has 2 fully saturated rings. The lowest BCUT2D eigenvalue weighted by molar-refractivity contribution is -0.124. The van der Waals surface area contributed by atoms with Gasteiger partial charge >= 0.3 is 5.97 Å². The molecule has 1 spiro atoms. The molecule has 2 aromatic rings. The predicted molar refractivity (Wildman–Crippen MR) is 85.8 cm³/mol. The van der Waals surface area contributed by atoms with Crippen LogP contribution in [0.25, 0.3) is 5.65 Å². The molecule has 2 saturated heterocycles. The average molecular weight is 315 g/mol. The summed E-state index contributed by atoms with van der Waals surface area (Å²) in [5.41, 5.74) is 2.84. The minimum Gasteiger partial charge on any atom is -0.461 e. The fourth-order valence-corrected chi connectivity index (χ4v) is 3.44. The number of carbonyl (C=O) groups is 1. The van der Waals surface area contributed by atoms with Gasteiger partial charge in [-0.15, -0.1) is 0 Å². The van der Waals surface area contributed by atoms with Crippen LogP contribution in [0.15, 0.2) is 24.5 Å². The Balaban J connectivity index is 1.54. The molecule has 0 unspecified atom stereocenters. The quantitative estimate of drug-likeness (QED) is 0.812. The van der Waals surface area contributed by atoms with Crippen LogP contribution in [0.1, 0.15) is 30.3 Å². The number of hydrogen-bond acceptors (Lipinski definition) is 5. The number of hydrogen-bond donors (Lipinski definition) is 0. The summed E-state index contributed by atoms with van der Waals surface area (Å²) in [7, 11) is 0. The fraction of sp³-hybridized carbons (Fsp3) is 0.529. The number of rotatable bonds is 3. The molecule has 0 N–H and O–H groups in total. The molecule has 122 valence electrons. The second kappa shape index (κ2) is 5.53. The molecule has 0 bridgehead atoms. The van der Waals surface area contributed by atoms with Crippen LogP contribution < -0.4 is 4.90 Å². The van der Waals surface area contributed by atoms with Crippen molar-refractivity contribution in [3.05, 3.63) is 30.2 Å². The third kappa shape index (κ3) is 2.47. The first-order valence-corrected chi connectivity index (χ1v) is 8.18. The molecule has 6 nitrogen and oxygen atoms in total. The van der Waals surface area contributed by atoms with Gasteiger partial charge in [-0.25, -0.2) is 9.78 Å². The highest BCUT2D eigenvalue weighted by Gasteiger charge is 2.41. The van der Waals surface area contributed by atoms with Crippen LogP contribution in [0.2, 0.25) is 0 Å². The van der Waals surface area contributed by atoms with Gasteiger partial charge in [-0.3, -0.25) is 4.40 Å². The maximum absolute atomic E-state index is 11.9. The number of pyridine rings is 1. The molecule has 0 atom stereocenters. The van der Waals surface area contributed by atoms with Gasteiger partial charge in [0.05, 0.1) is 26.0 Å². The molecule has 2 aliphatic rings. The number of imidazole rings is 1. The van der Waals surface area contributed by atoms with Crippen LogP contribution in [-0.4, -0.2) is 48.3 Å². The van der Waals surface area contributed by atoms with E-state index in [0.29, 0.717) is 17.7 Å². The van der Waals surface area contributed by atoms with Gasteiger partial charge in [-0.05, 0) is 25.8 Å². The Bertz CT molecular complexity index is 726. The summed E-state index contributed by atoms with van der Waals surface area (Å²) >= 11 is 0. The number of esters is 1. The largest absolute Gasteiger partial charge is 0.461 e. The van der Waals surface area contributed by atoms with Crippen molar-refractivity contribution in [3.8, 4) is 0 Å². The lowest BCUT2D eigenvalue weighted by Crippen LogP contribution is -2.50. The molecule has 0 radical (unpaired) electrons. The number of fused-ring (bicyclic) bond motifs is 1. The zero-order chi connectivity index (χ0) is 15.9. The molecule has 0 aromatic carbocycles. The molecule has 0 aliphatic carbocycles. The van der Waals surface area contributed by atoms with Gasteiger partial charge in [-0.1, -0.05) is 0 Å². The van der Waals surface area contributed by atoms with Gasteiger partial charge in [0.15, 0.2) is 5.69 Å². The van der Waals surface area contributed by atoms with Crippen LogP contribution in [0.3, 0.4) is 0 Å². The molecule has 4 rings (SSSR count). The lowest BCUT2D eigenvalue weighted by Gasteiger charge is -2.47. The van der Waals surface area contributed by atoms with Crippen LogP contribution in [-0.2, 0) is 9.47 Å². The van der Waals surface area contributed by atoms with Crippen LogP contribution in [0, 0.1) is 5.41 Å². The molecular formula is C17H21N3O3. The zero-order valence-electron chi connectivity index (χ0n) is 13.3. The van der Waals surface area contributed by atoms with Crippen LogP contribution in [0.5, 0.6) is 0 Å². The number of aromatic nitrogens is 2. The van der Waals surface area contributed by atoms with E-state index in [4.69, 9.17) is 9.47 Å². The van der Waals surface area contributed by atoms with E-state index < -0.39 is 0 Å². The van der Waals surface area contributed by atoms with Crippen molar-refractivity contribution in [2.45, 2.75) is 19.8 Å². The summed E-state index contributed by atoms with van der Waals surface area (Å²) in [4.78, 5) is 18.7. The van der Waals surface area contributed by atoms with Crippen molar-refractivity contribution in [2.24, 2.45) is 5.41 Å². The number of ether oxygens (including phenoxy) is 2. The summed E-state index contributed by atoms with van der Waals surface area (Å²) < 4.78 is 12.2. The van der Waals surface area contributed by atoms with E-state index in [1.54, 1.807) is 17.5 Å². The van der Waals surface area contributed by atoms with E-state index in [0.717, 1.165) is 37.6 Å². The molecule has 6 heteroatoms. The standard InChI is InChI=1S/C17H21N3O3/c1-2-23-16(21)14-10-18-15-9-13(3-6-20(14)15)19-7-4-17(5-8-19)11-22-12-17/h3,6,9-10H,2,4-5,7-8,11-12H2,1H3. The van der Waals surface area contributed by atoms with Gasteiger partial charge in [0.25, 0.3) is 0 Å². The first-order valence-electron chi connectivity index (χ1n) is 8.18. The summed E-state index contributed by atoms with van der Waals surface area (Å²) in [6.45, 7) is 6.10. The van der Waals surface area contributed by atoms with Crippen molar-refractivity contribution in [1.82, 2.24) is 9.38 Å². The molecule has 2 aliphatic heterocycles.